The molecule has 5 N–H and O–H groups in total. The number of non-ortho nitro benzene ring substituents is 1. The van der Waals surface area contributed by atoms with Crippen LogP contribution in [-0.4, -0.2) is 218 Å². The molecule has 5 amide bonds. The Balaban J connectivity index is 0.000000171. The monoisotopic (exact) mass is 1930 g/mol. The number of hydrogen-bond donors (Lipinski definition) is 3. The number of nitro benzene ring substituents is 1. The van der Waals surface area contributed by atoms with Gasteiger partial charge in [0.15, 0.2) is 17.1 Å². The Hall–Kier alpha value is -12.0. The molecule has 0 saturated carbocycles. The Morgan fingerprint density at radius 1 is 0.346 bits per heavy atom. The van der Waals surface area contributed by atoms with Gasteiger partial charge >= 0.3 is 60.4 Å². The summed E-state index contributed by atoms with van der Waals surface area (Å²) in [5, 5.41) is 14.0. The van der Waals surface area contributed by atoms with Crippen molar-refractivity contribution < 1.29 is 94.8 Å². The number of amides is 5. The fraction of sp³-hybridized carbons (Fsp3) is 0.417. The summed E-state index contributed by atoms with van der Waals surface area (Å²) < 4.78 is 186. The first kappa shape index (κ1) is 105. The third kappa shape index (κ3) is 31.6. The largest absolute Gasteiger partial charge is 0.471 e. The summed E-state index contributed by atoms with van der Waals surface area (Å²) in [4.78, 5) is 85.1. The Bertz CT molecular complexity index is 5420. The van der Waals surface area contributed by atoms with Crippen LogP contribution < -0.4 is 16.8 Å². The van der Waals surface area contributed by atoms with E-state index in [2.05, 4.69) is 90.0 Å². The molecule has 21 nitrogen and oxygen atoms in total. The maximum atomic E-state index is 12.4. The summed E-state index contributed by atoms with van der Waals surface area (Å²) in [5.41, 5.74) is 32.6. The number of likely N-dealkylation sites (N-methyl/N-ethyl adjacent to an activating group) is 2. The highest BCUT2D eigenvalue weighted by molar-refractivity contribution is 9.10. The van der Waals surface area contributed by atoms with E-state index in [-0.39, 0.29) is 84.0 Å². The molecule has 0 saturated heterocycles. The van der Waals surface area contributed by atoms with Crippen LogP contribution in [0.15, 0.2) is 156 Å². The Morgan fingerprint density at radius 3 is 0.925 bits per heavy atom. The van der Waals surface area contributed by atoms with Gasteiger partial charge in [0.05, 0.1) is 24.6 Å². The smallest absolute Gasteiger partial charge is 0.399 e. The normalized spacial score (nSPS) is 16.1. The number of nitrogens with one attached hydrogen (secondary N) is 1. The highest BCUT2D eigenvalue weighted by Crippen LogP contribution is 2.33. The van der Waals surface area contributed by atoms with Crippen molar-refractivity contribution in [1.82, 2.24) is 39.6 Å². The number of carbonyl (C=O) groups is 5. The fourth-order valence-electron chi connectivity index (χ4n) is 16.3. The van der Waals surface area contributed by atoms with Crippen molar-refractivity contribution in [3.05, 3.63) is 295 Å². The summed E-state index contributed by atoms with van der Waals surface area (Å²) in [6, 6.07) is 46.6. The van der Waals surface area contributed by atoms with Crippen molar-refractivity contribution in [2.24, 2.45) is 5.73 Å². The summed E-state index contributed by atoms with van der Waals surface area (Å²) >= 11 is 3.33. The van der Waals surface area contributed by atoms with Crippen molar-refractivity contribution >= 4 is 73.9 Å². The van der Waals surface area contributed by atoms with E-state index >= 15 is 0 Å². The molecule has 8 aliphatic heterocycles. The number of nitro groups is 1. The minimum absolute atomic E-state index is 0.0345. The van der Waals surface area contributed by atoms with Crippen molar-refractivity contribution in [3.8, 4) is 0 Å². The number of nitrogens with two attached hydrogens (primary N) is 2. The molecule has 8 heterocycles. The molecule has 0 atom stereocenters. The lowest BCUT2D eigenvalue weighted by Crippen LogP contribution is -2.42. The Morgan fingerprint density at radius 2 is 0.594 bits per heavy atom. The van der Waals surface area contributed by atoms with Gasteiger partial charge in [-0.25, -0.2) is 14.5 Å². The molecule has 8 aromatic carbocycles. The van der Waals surface area contributed by atoms with Crippen molar-refractivity contribution in [2.75, 3.05) is 125 Å². The summed E-state index contributed by atoms with van der Waals surface area (Å²) in [5.74, 6) is -8.88. The van der Waals surface area contributed by atoms with Crippen LogP contribution in [0, 0.1) is 29.8 Å². The summed E-state index contributed by atoms with van der Waals surface area (Å²) in [6.45, 7) is 28.8. The minimum atomic E-state index is -4.89. The number of carbonyl (C=O) groups excluding carboxylic acids is 5. The van der Waals surface area contributed by atoms with Gasteiger partial charge < -0.3 is 51.1 Å². The van der Waals surface area contributed by atoms with Crippen molar-refractivity contribution in [3.63, 3.8) is 0 Å². The van der Waals surface area contributed by atoms with E-state index in [1.54, 1.807) is 30.3 Å². The van der Waals surface area contributed by atoms with Crippen molar-refractivity contribution in [2.45, 2.75) is 140 Å². The molecular weight excluding hydrogens is 1830 g/mol. The van der Waals surface area contributed by atoms with Gasteiger partial charge in [0.1, 0.15) is 0 Å². The molecule has 8 aliphatic rings. The number of hydrogen-bond acceptors (Lipinski definition) is 12. The van der Waals surface area contributed by atoms with Gasteiger partial charge in [-0.3, -0.25) is 34.1 Å². The van der Waals surface area contributed by atoms with Gasteiger partial charge in [0.25, 0.3) is 5.69 Å². The van der Waals surface area contributed by atoms with Crippen LogP contribution in [0.2, 0.25) is 0 Å². The number of rotatable bonds is 2. The average molecular weight is 1930 g/mol. The predicted octanol–water partition coefficient (Wildman–Crippen LogP) is 17.1. The van der Waals surface area contributed by atoms with Gasteiger partial charge in [0.2, 0.25) is 0 Å². The zero-order chi connectivity index (χ0) is 97.1. The molecule has 16 rings (SSSR count). The van der Waals surface area contributed by atoms with E-state index in [0.29, 0.717) is 74.8 Å². The molecule has 0 radical (unpaired) electrons. The average Bonchev–Trinajstić information content (AvgIpc) is 1.73. The van der Waals surface area contributed by atoms with Crippen LogP contribution in [0.3, 0.4) is 0 Å². The van der Waals surface area contributed by atoms with Crippen LogP contribution in [0.5, 0.6) is 0 Å². The quantitative estimate of drug-likeness (QED) is 0.0483. The van der Waals surface area contributed by atoms with Crippen LogP contribution in [0.25, 0.3) is 14.5 Å². The number of nitrogen functional groups attached to an aromatic ring is 1. The highest BCUT2D eigenvalue weighted by atomic mass is 79.9. The number of halogens is 16. The SMILES string of the molecule is CN1CCc2ccc(CN)cc2CC1.Nc1ccc2c(c1)CCN(C(=O)C(F)(F)F)CC2.O=C(N1CCc2ccc(Br)cc2CC1)C(F)(F)F.O=C(N1CCc2ccc([N+](=O)[O-])cc2CC1)C(F)(F)F.O=C(N1CCc2ccccc2CC1)C(F)(F)F.[C-]#[N+]c1ccc2c(c1)CCN(C(=O)C(F)(F)F)CC2.[C-]#[N+]c1ccc2c(c1)CCN(C)CC2.[C-]#[N+]c1ccc2c(c1)CCNCC2. The van der Waals surface area contributed by atoms with E-state index < -0.39 is 65.3 Å². The van der Waals surface area contributed by atoms with Crippen LogP contribution in [-0.2, 0) is 133 Å². The second kappa shape index (κ2) is 48.1. The standard InChI is InChI=1S/C13H11F3N2O.C12H11BrF3NO.C12H11F3N2O3.C12H13F3N2O.C12H12F3NO.C12H14N2.C12H18N2.C11H12N2/c1-17-11-3-2-9-4-6-18(7-5-10(9)8-11)12(19)13(14,15)16;13-10-2-1-8-3-5-17(6-4-9(8)7-10)11(18)12(14,15)16;13-12(14,15)11(18)16-5-3-8-1-2-10(17(19)20)7-9(8)4-6-16;13-12(14,15)11(18)17-5-3-8-1-2-10(16)7-9(8)4-6-17;13-12(14,15)11(17)16-7-5-9-3-1-2-4-10(9)6-8-16;1-13-12-4-3-10-5-7-14(2)8-6-11(10)9-12;1-14-6-4-11-3-2-10(9-13)8-12(11)5-7-14;1-12-11-3-2-9-4-6-13-7-5-10(9)8-11/h2-3,8H,4-7H2;1-2,7H,3-6H2;1-2,7H,3-6H2;1-2,7H,3-6,16H2;1-4H,5-8H2;3-4,9H,5-8H2,2H3;2-3,8H,4-7,9,13H2,1H3;2-3,8,13H,4-7H2. The lowest BCUT2D eigenvalue weighted by atomic mass is 10.0. The van der Waals surface area contributed by atoms with Crippen LogP contribution in [0.4, 0.5) is 94.3 Å². The maximum Gasteiger partial charge on any atom is 0.471 e. The van der Waals surface area contributed by atoms with E-state index in [1.807, 2.05) is 72.8 Å². The number of fused-ring (bicyclic) bond motifs is 8. The van der Waals surface area contributed by atoms with Gasteiger partial charge in [0, 0.05) is 120 Å². The maximum absolute atomic E-state index is 12.4. The van der Waals surface area contributed by atoms with E-state index in [4.69, 9.17) is 31.2 Å². The van der Waals surface area contributed by atoms with Gasteiger partial charge in [-0.05, 0) is 232 Å². The number of nitrogens with zero attached hydrogens (tertiary/aromatic N) is 11. The van der Waals surface area contributed by atoms with E-state index in [9.17, 15) is 99.9 Å². The molecule has 0 bridgehead atoms. The first-order valence-corrected chi connectivity index (χ1v) is 43.9. The summed E-state index contributed by atoms with van der Waals surface area (Å²) in [7, 11) is 4.34. The number of anilines is 1. The van der Waals surface area contributed by atoms with Gasteiger partial charge in [-0.15, -0.1) is 0 Å². The molecule has 133 heavy (non-hydrogen) atoms. The molecule has 8 aromatic rings. The lowest BCUT2D eigenvalue weighted by Gasteiger charge is -2.21. The first-order valence-electron chi connectivity index (χ1n) is 43.1. The number of alkyl halides is 15. The zero-order valence-electron chi connectivity index (χ0n) is 73.2. The molecule has 37 heteroatoms. The van der Waals surface area contributed by atoms with Crippen molar-refractivity contribution in [1.29, 1.82) is 0 Å². The Kier molecular flexibility index (Phi) is 37.9. The molecular formula is C96H102BrF15N14O7. The molecule has 0 aliphatic carbocycles. The van der Waals surface area contributed by atoms with Crippen LogP contribution >= 0.6 is 15.9 Å². The van der Waals surface area contributed by atoms with E-state index in [1.165, 1.54) is 83.1 Å². The Labute approximate surface area is 770 Å². The van der Waals surface area contributed by atoms with Crippen LogP contribution in [0.1, 0.15) is 94.6 Å². The molecule has 0 fully saturated rings. The highest BCUT2D eigenvalue weighted by Gasteiger charge is 2.47. The first-order chi connectivity index (χ1) is 62.9. The molecule has 0 aromatic heterocycles. The topological polar surface area (TPSA) is 228 Å². The summed E-state index contributed by atoms with van der Waals surface area (Å²) in [6.07, 6.45) is -13.5. The predicted molar refractivity (Wildman–Crippen MR) is 477 cm³/mol. The molecule has 710 valence electrons. The van der Waals surface area contributed by atoms with Gasteiger partial charge in [-0.1, -0.05) is 148 Å². The molecule has 0 unspecified atom stereocenters. The second-order valence-electron chi connectivity index (χ2n) is 32.7. The molecule has 0 spiro atoms. The number of benzene rings is 8. The van der Waals surface area contributed by atoms with Gasteiger partial charge in [-0.2, -0.15) is 65.9 Å². The lowest BCUT2D eigenvalue weighted by molar-refractivity contribution is -0.384. The fourth-order valence-corrected chi connectivity index (χ4v) is 16.7. The second-order valence-corrected chi connectivity index (χ2v) is 33.6. The third-order valence-electron chi connectivity index (χ3n) is 23.7. The third-order valence-corrected chi connectivity index (χ3v) is 24.2. The zero-order valence-corrected chi connectivity index (χ0v) is 74.8. The minimum Gasteiger partial charge on any atom is -0.399 e. The van der Waals surface area contributed by atoms with E-state index in [0.717, 1.165) is 142 Å².